The molecule has 0 aliphatic rings. The third-order valence-corrected chi connectivity index (χ3v) is 3.54. The van der Waals surface area contributed by atoms with Crippen molar-refractivity contribution in [1.29, 1.82) is 0 Å². The molecule has 1 aromatic carbocycles. The molecule has 0 unspecified atom stereocenters. The minimum absolute atomic E-state index is 0.0231. The van der Waals surface area contributed by atoms with Crippen molar-refractivity contribution >= 4 is 33.5 Å². The zero-order valence-corrected chi connectivity index (χ0v) is 15.8. The number of hydrogen-bond donors (Lipinski definition) is 1. The number of hydrogen-bond acceptors (Lipinski definition) is 4. The number of rotatable bonds is 7. The van der Waals surface area contributed by atoms with E-state index in [-0.39, 0.29) is 18.6 Å². The van der Waals surface area contributed by atoms with Crippen LogP contribution < -0.4 is 10.1 Å². The number of amides is 1. The highest BCUT2D eigenvalue weighted by Crippen LogP contribution is 2.27. The van der Waals surface area contributed by atoms with Gasteiger partial charge in [0.25, 0.3) is 0 Å². The average molecular weight is 386 g/mol. The second-order valence-corrected chi connectivity index (χ2v) is 7.68. The largest absolute Gasteiger partial charge is 0.490 e. The number of carbonyl (C=O) groups excluding carboxylic acids is 2. The molecule has 6 heteroatoms. The number of carbonyl (C=O) groups is 2. The predicted molar refractivity (Wildman–Crippen MR) is 94.4 cm³/mol. The van der Waals surface area contributed by atoms with E-state index in [0.717, 1.165) is 6.42 Å². The molecule has 0 bridgehead atoms. The summed E-state index contributed by atoms with van der Waals surface area (Å²) in [6.07, 6.45) is 0.795. The summed E-state index contributed by atoms with van der Waals surface area (Å²) in [5.74, 6) is -0.225. The molecule has 0 aliphatic carbocycles. The summed E-state index contributed by atoms with van der Waals surface area (Å²) in [5, 5.41) is 2.76. The van der Waals surface area contributed by atoms with Crippen LogP contribution >= 0.6 is 15.9 Å². The summed E-state index contributed by atoms with van der Waals surface area (Å²) in [6, 6.07) is 4.96. The van der Waals surface area contributed by atoms with Gasteiger partial charge in [-0.25, -0.2) is 4.79 Å². The molecule has 0 saturated heterocycles. The minimum atomic E-state index is -0.705. The first-order chi connectivity index (χ1) is 10.7. The summed E-state index contributed by atoms with van der Waals surface area (Å²) in [6.45, 7) is 9.43. The first-order valence-corrected chi connectivity index (χ1v) is 8.46. The van der Waals surface area contributed by atoms with E-state index in [1.165, 1.54) is 0 Å². The van der Waals surface area contributed by atoms with E-state index >= 15 is 0 Å². The van der Waals surface area contributed by atoms with Crippen LogP contribution in [0.2, 0.25) is 0 Å². The van der Waals surface area contributed by atoms with Crippen molar-refractivity contribution in [3.8, 4) is 5.75 Å². The number of benzene rings is 1. The number of alkyl halides is 1. The molecule has 0 heterocycles. The van der Waals surface area contributed by atoms with E-state index in [1.54, 1.807) is 39.0 Å². The highest BCUT2D eigenvalue weighted by atomic mass is 79.9. The van der Waals surface area contributed by atoms with Gasteiger partial charge in [-0.05, 0) is 52.3 Å². The fourth-order valence-electron chi connectivity index (χ4n) is 1.66. The maximum absolute atomic E-state index is 12.1. The fourth-order valence-corrected chi connectivity index (χ4v) is 1.76. The molecule has 1 aromatic rings. The number of halogens is 1. The Morgan fingerprint density at radius 1 is 1.30 bits per heavy atom. The van der Waals surface area contributed by atoms with Gasteiger partial charge < -0.3 is 14.8 Å². The van der Waals surface area contributed by atoms with Crippen LogP contribution in [0.1, 0.15) is 51.4 Å². The Morgan fingerprint density at radius 3 is 2.48 bits per heavy atom. The van der Waals surface area contributed by atoms with Gasteiger partial charge in [0.15, 0.2) is 0 Å². The third-order valence-electron chi connectivity index (χ3n) is 3.18. The molecule has 0 aromatic heterocycles. The number of nitrogens with one attached hydrogen (secondary N) is 1. The van der Waals surface area contributed by atoms with Gasteiger partial charge in [0, 0.05) is 5.69 Å². The zero-order valence-electron chi connectivity index (χ0n) is 14.2. The summed E-state index contributed by atoms with van der Waals surface area (Å²) in [4.78, 5) is 24.2. The van der Waals surface area contributed by atoms with Crippen LogP contribution in [0, 0.1) is 0 Å². The highest BCUT2D eigenvalue weighted by Gasteiger charge is 2.24. The van der Waals surface area contributed by atoms with Gasteiger partial charge >= 0.3 is 5.97 Å². The van der Waals surface area contributed by atoms with E-state index in [4.69, 9.17) is 9.47 Å². The summed E-state index contributed by atoms with van der Waals surface area (Å²) >= 11 is 3.30. The van der Waals surface area contributed by atoms with Crippen molar-refractivity contribution in [2.75, 3.05) is 11.9 Å². The minimum Gasteiger partial charge on any atom is -0.490 e. The summed E-state index contributed by atoms with van der Waals surface area (Å²) in [7, 11) is 0. The molecule has 1 N–H and O–H groups in total. The van der Waals surface area contributed by atoms with E-state index in [1.807, 2.05) is 13.8 Å². The summed E-state index contributed by atoms with van der Waals surface area (Å²) in [5.41, 5.74) is 0.819. The second kappa shape index (κ2) is 8.34. The normalized spacial score (nSPS) is 12.4. The molecule has 0 radical (unpaired) electrons. The molecule has 1 atom stereocenters. The maximum Gasteiger partial charge on any atom is 0.341 e. The lowest BCUT2D eigenvalue weighted by Crippen LogP contribution is -2.31. The number of ether oxygens (including phenoxy) is 2. The van der Waals surface area contributed by atoms with E-state index in [2.05, 4.69) is 21.2 Å². The maximum atomic E-state index is 12.1. The molecule has 1 rings (SSSR count). The lowest BCUT2D eigenvalue weighted by atomic mass is 10.1. The Morgan fingerprint density at radius 2 is 1.96 bits per heavy atom. The summed E-state index contributed by atoms with van der Waals surface area (Å²) < 4.78 is 10.1. The van der Waals surface area contributed by atoms with Gasteiger partial charge in [-0.15, -0.1) is 0 Å². The van der Waals surface area contributed by atoms with Crippen molar-refractivity contribution in [1.82, 2.24) is 0 Å². The van der Waals surface area contributed by atoms with Crippen LogP contribution in [0.3, 0.4) is 0 Å². The Kier molecular flexibility index (Phi) is 7.06. The van der Waals surface area contributed by atoms with E-state index in [0.29, 0.717) is 17.0 Å². The molecule has 0 spiro atoms. The van der Waals surface area contributed by atoms with Crippen molar-refractivity contribution in [2.45, 2.75) is 51.5 Å². The van der Waals surface area contributed by atoms with Gasteiger partial charge in [-0.1, -0.05) is 22.9 Å². The van der Waals surface area contributed by atoms with Gasteiger partial charge in [0.1, 0.15) is 11.3 Å². The Labute approximate surface area is 145 Å². The van der Waals surface area contributed by atoms with Gasteiger partial charge in [-0.3, -0.25) is 4.79 Å². The van der Waals surface area contributed by atoms with Crippen molar-refractivity contribution in [2.24, 2.45) is 0 Å². The topological polar surface area (TPSA) is 64.6 Å². The van der Waals surface area contributed by atoms with E-state index in [9.17, 15) is 9.59 Å². The van der Waals surface area contributed by atoms with Crippen LogP contribution in [0.15, 0.2) is 18.2 Å². The average Bonchev–Trinajstić information content (AvgIpc) is 2.47. The number of anilines is 1. The molecule has 128 valence electrons. The molecule has 0 fully saturated rings. The monoisotopic (exact) mass is 385 g/mol. The molecule has 0 saturated carbocycles. The van der Waals surface area contributed by atoms with Crippen molar-refractivity contribution < 1.29 is 19.1 Å². The van der Waals surface area contributed by atoms with Crippen LogP contribution in [0.4, 0.5) is 5.69 Å². The fraction of sp³-hybridized carbons (Fsp3) is 0.529. The molecular formula is C17H24BrNO4. The molecule has 23 heavy (non-hydrogen) atoms. The van der Waals surface area contributed by atoms with Crippen LogP contribution in [0.25, 0.3) is 0 Å². The SMILES string of the molecule is CCOC(=O)c1cc(NC(=O)C(C)(C)Br)ccc1O[C@H](C)CC. The Balaban J connectivity index is 3.11. The van der Waals surface area contributed by atoms with Gasteiger partial charge in [0.05, 0.1) is 17.0 Å². The Hall–Kier alpha value is -1.56. The lowest BCUT2D eigenvalue weighted by Gasteiger charge is -2.19. The standard InChI is InChI=1S/C17H24BrNO4/c1-6-11(3)23-14-9-8-12(19-16(21)17(4,5)18)10-13(14)15(20)22-7-2/h8-11H,6-7H2,1-5H3,(H,19,21)/t11-/m1/s1. The van der Waals surface area contributed by atoms with Gasteiger partial charge in [-0.2, -0.15) is 0 Å². The smallest absolute Gasteiger partial charge is 0.341 e. The first-order valence-electron chi connectivity index (χ1n) is 7.67. The highest BCUT2D eigenvalue weighted by molar-refractivity contribution is 9.10. The number of esters is 1. The van der Waals surface area contributed by atoms with Crippen LogP contribution in [-0.2, 0) is 9.53 Å². The van der Waals surface area contributed by atoms with Crippen molar-refractivity contribution in [3.05, 3.63) is 23.8 Å². The van der Waals surface area contributed by atoms with E-state index < -0.39 is 10.3 Å². The first kappa shape index (κ1) is 19.5. The third kappa shape index (κ3) is 5.86. The molecule has 0 aliphatic heterocycles. The second-order valence-electron chi connectivity index (χ2n) is 5.69. The quantitative estimate of drug-likeness (QED) is 0.565. The zero-order chi connectivity index (χ0) is 17.6. The van der Waals surface area contributed by atoms with Gasteiger partial charge in [0.2, 0.25) is 5.91 Å². The molecular weight excluding hydrogens is 362 g/mol. The van der Waals surface area contributed by atoms with Crippen LogP contribution in [0.5, 0.6) is 5.75 Å². The molecule has 1 amide bonds. The Bertz CT molecular complexity index is 566. The van der Waals surface area contributed by atoms with Crippen molar-refractivity contribution in [3.63, 3.8) is 0 Å². The lowest BCUT2D eigenvalue weighted by molar-refractivity contribution is -0.117. The predicted octanol–water partition coefficient (Wildman–Crippen LogP) is 4.15. The molecule has 5 nitrogen and oxygen atoms in total. The van der Waals surface area contributed by atoms with Crippen LogP contribution in [-0.4, -0.2) is 28.9 Å².